The maximum atomic E-state index is 12.7. The molecule has 0 bridgehead atoms. The van der Waals surface area contributed by atoms with Crippen LogP contribution in [0.3, 0.4) is 0 Å². The standard InChI is InChI=1S/C17H19NOS/c1-2-15(17(19)13-6-4-3-5-7-13)18-10-8-16-14(12-18)9-11-20-16/h3-7,9,11,15H,2,8,10,12H2,1H3. The van der Waals surface area contributed by atoms with Crippen molar-refractivity contribution in [3.8, 4) is 0 Å². The Morgan fingerprint density at radius 1 is 1.30 bits per heavy atom. The molecule has 1 unspecified atom stereocenters. The van der Waals surface area contributed by atoms with Gasteiger partial charge < -0.3 is 0 Å². The molecule has 0 saturated carbocycles. The van der Waals surface area contributed by atoms with Gasteiger partial charge in [-0.25, -0.2) is 0 Å². The molecule has 0 N–H and O–H groups in total. The van der Waals surface area contributed by atoms with E-state index in [4.69, 9.17) is 0 Å². The molecule has 104 valence electrons. The van der Waals surface area contributed by atoms with Crippen LogP contribution in [0.4, 0.5) is 0 Å². The Balaban J connectivity index is 1.79. The summed E-state index contributed by atoms with van der Waals surface area (Å²) in [6.45, 7) is 4.01. The number of ketones is 1. The molecule has 1 aromatic carbocycles. The molecule has 1 atom stereocenters. The molecule has 0 aliphatic carbocycles. The summed E-state index contributed by atoms with van der Waals surface area (Å²) in [5.74, 6) is 0.256. The number of Topliss-reactive ketones (excluding diaryl/α,β-unsaturated/α-hetero) is 1. The minimum atomic E-state index is 0.00505. The van der Waals surface area contributed by atoms with Gasteiger partial charge in [-0.2, -0.15) is 0 Å². The van der Waals surface area contributed by atoms with E-state index in [9.17, 15) is 4.79 Å². The van der Waals surface area contributed by atoms with Gasteiger partial charge in [0.2, 0.25) is 0 Å². The number of nitrogens with zero attached hydrogens (tertiary/aromatic N) is 1. The number of carbonyl (C=O) groups excluding carboxylic acids is 1. The zero-order valence-corrected chi connectivity index (χ0v) is 12.5. The molecule has 20 heavy (non-hydrogen) atoms. The molecule has 0 fully saturated rings. The highest BCUT2D eigenvalue weighted by Crippen LogP contribution is 2.26. The number of fused-ring (bicyclic) bond motifs is 1. The molecule has 1 aromatic heterocycles. The van der Waals surface area contributed by atoms with Gasteiger partial charge >= 0.3 is 0 Å². The van der Waals surface area contributed by atoms with E-state index < -0.39 is 0 Å². The molecule has 3 heteroatoms. The SMILES string of the molecule is CCC(C(=O)c1ccccc1)N1CCc2sccc2C1. The van der Waals surface area contributed by atoms with Gasteiger partial charge in [0.25, 0.3) is 0 Å². The quantitative estimate of drug-likeness (QED) is 0.797. The fourth-order valence-corrected chi connectivity index (χ4v) is 3.83. The molecule has 0 amide bonds. The average molecular weight is 285 g/mol. The first kappa shape index (κ1) is 13.5. The first-order valence-corrected chi connectivity index (χ1v) is 8.06. The largest absolute Gasteiger partial charge is 0.292 e. The van der Waals surface area contributed by atoms with Crippen molar-refractivity contribution in [1.29, 1.82) is 0 Å². The second-order valence-corrected chi connectivity index (χ2v) is 6.24. The molecule has 2 heterocycles. The molecule has 1 aliphatic heterocycles. The molecule has 2 aromatic rings. The highest BCUT2D eigenvalue weighted by Gasteiger charge is 2.28. The lowest BCUT2D eigenvalue weighted by atomic mass is 9.98. The molecule has 1 aliphatic rings. The van der Waals surface area contributed by atoms with Crippen LogP contribution < -0.4 is 0 Å². The van der Waals surface area contributed by atoms with Crippen LogP contribution >= 0.6 is 11.3 Å². The van der Waals surface area contributed by atoms with Crippen molar-refractivity contribution < 1.29 is 4.79 Å². The number of hydrogen-bond donors (Lipinski definition) is 0. The Bertz CT molecular complexity index is 590. The molecule has 3 rings (SSSR count). The Morgan fingerprint density at radius 2 is 2.10 bits per heavy atom. The lowest BCUT2D eigenvalue weighted by Gasteiger charge is -2.33. The summed E-state index contributed by atoms with van der Waals surface area (Å²) < 4.78 is 0. The van der Waals surface area contributed by atoms with E-state index in [1.807, 2.05) is 41.7 Å². The zero-order chi connectivity index (χ0) is 13.9. The van der Waals surface area contributed by atoms with Crippen molar-refractivity contribution in [3.63, 3.8) is 0 Å². The van der Waals surface area contributed by atoms with E-state index in [1.165, 1.54) is 10.4 Å². The van der Waals surface area contributed by atoms with E-state index >= 15 is 0 Å². The summed E-state index contributed by atoms with van der Waals surface area (Å²) >= 11 is 1.84. The number of benzene rings is 1. The summed E-state index contributed by atoms with van der Waals surface area (Å²) in [6, 6.07) is 11.9. The molecule has 2 nitrogen and oxygen atoms in total. The smallest absolute Gasteiger partial charge is 0.179 e. The lowest BCUT2D eigenvalue weighted by Crippen LogP contribution is -2.43. The van der Waals surface area contributed by atoms with Gasteiger partial charge in [-0.1, -0.05) is 37.3 Å². The molecular formula is C17H19NOS. The van der Waals surface area contributed by atoms with Crippen LogP contribution in [0.5, 0.6) is 0 Å². The summed E-state index contributed by atoms with van der Waals surface area (Å²) in [5.41, 5.74) is 2.23. The highest BCUT2D eigenvalue weighted by molar-refractivity contribution is 7.10. The van der Waals surface area contributed by atoms with E-state index in [1.54, 1.807) is 0 Å². The lowest BCUT2D eigenvalue weighted by molar-refractivity contribution is 0.0790. The summed E-state index contributed by atoms with van der Waals surface area (Å²) in [5, 5.41) is 2.16. The summed E-state index contributed by atoms with van der Waals surface area (Å²) in [7, 11) is 0. The Labute approximate surface area is 124 Å². The number of rotatable bonds is 4. The van der Waals surface area contributed by atoms with Gasteiger partial charge in [0, 0.05) is 23.5 Å². The fourth-order valence-electron chi connectivity index (χ4n) is 2.94. The van der Waals surface area contributed by atoms with Gasteiger partial charge in [-0.05, 0) is 29.9 Å². The van der Waals surface area contributed by atoms with E-state index in [0.29, 0.717) is 0 Å². The van der Waals surface area contributed by atoms with Crippen LogP contribution in [-0.4, -0.2) is 23.3 Å². The first-order chi connectivity index (χ1) is 9.79. The first-order valence-electron chi connectivity index (χ1n) is 7.18. The highest BCUT2D eigenvalue weighted by atomic mass is 32.1. The van der Waals surface area contributed by atoms with Crippen LogP contribution in [-0.2, 0) is 13.0 Å². The fraction of sp³-hybridized carbons (Fsp3) is 0.353. The maximum Gasteiger partial charge on any atom is 0.179 e. The van der Waals surface area contributed by atoms with Crippen LogP contribution in [0.25, 0.3) is 0 Å². The minimum absolute atomic E-state index is 0.00505. The second kappa shape index (κ2) is 5.90. The van der Waals surface area contributed by atoms with Crippen molar-refractivity contribution >= 4 is 17.1 Å². The van der Waals surface area contributed by atoms with Gasteiger partial charge in [-0.3, -0.25) is 9.69 Å². The molecule has 0 spiro atoms. The molecular weight excluding hydrogens is 266 g/mol. The summed E-state index contributed by atoms with van der Waals surface area (Å²) in [4.78, 5) is 16.5. The van der Waals surface area contributed by atoms with Crippen molar-refractivity contribution in [1.82, 2.24) is 4.90 Å². The Morgan fingerprint density at radius 3 is 2.85 bits per heavy atom. The average Bonchev–Trinajstić information content (AvgIpc) is 2.96. The number of thiophene rings is 1. The topological polar surface area (TPSA) is 20.3 Å². The Kier molecular flexibility index (Phi) is 3.99. The molecule has 0 saturated heterocycles. The number of carbonyl (C=O) groups is 1. The van der Waals surface area contributed by atoms with Gasteiger partial charge in [-0.15, -0.1) is 11.3 Å². The summed E-state index contributed by atoms with van der Waals surface area (Å²) in [6.07, 6.45) is 1.94. The van der Waals surface area contributed by atoms with Crippen LogP contribution in [0, 0.1) is 0 Å². The predicted molar refractivity (Wildman–Crippen MR) is 83.3 cm³/mol. The van der Waals surface area contributed by atoms with Crippen LogP contribution in [0.2, 0.25) is 0 Å². The third-order valence-electron chi connectivity index (χ3n) is 4.03. The van der Waals surface area contributed by atoms with E-state index in [-0.39, 0.29) is 11.8 Å². The van der Waals surface area contributed by atoms with E-state index in [2.05, 4.69) is 23.3 Å². The van der Waals surface area contributed by atoms with Crippen molar-refractivity contribution in [2.24, 2.45) is 0 Å². The van der Waals surface area contributed by atoms with Gasteiger partial charge in [0.15, 0.2) is 5.78 Å². The zero-order valence-electron chi connectivity index (χ0n) is 11.7. The van der Waals surface area contributed by atoms with Crippen LogP contribution in [0.15, 0.2) is 41.8 Å². The van der Waals surface area contributed by atoms with Crippen LogP contribution in [0.1, 0.15) is 34.1 Å². The second-order valence-electron chi connectivity index (χ2n) is 5.24. The van der Waals surface area contributed by atoms with Gasteiger partial charge in [0.1, 0.15) is 0 Å². The number of hydrogen-bond acceptors (Lipinski definition) is 3. The van der Waals surface area contributed by atoms with Crippen molar-refractivity contribution in [2.75, 3.05) is 6.54 Å². The third-order valence-corrected chi connectivity index (χ3v) is 5.05. The maximum absolute atomic E-state index is 12.7. The van der Waals surface area contributed by atoms with E-state index in [0.717, 1.165) is 31.5 Å². The Hall–Kier alpha value is -1.45. The normalized spacial score (nSPS) is 16.6. The predicted octanol–water partition coefficient (Wildman–Crippen LogP) is 3.77. The van der Waals surface area contributed by atoms with Gasteiger partial charge in [0.05, 0.1) is 6.04 Å². The third kappa shape index (κ3) is 2.56. The minimum Gasteiger partial charge on any atom is -0.292 e. The monoisotopic (exact) mass is 285 g/mol. The van der Waals surface area contributed by atoms with Crippen molar-refractivity contribution in [2.45, 2.75) is 32.4 Å². The van der Waals surface area contributed by atoms with Crippen molar-refractivity contribution in [3.05, 3.63) is 57.8 Å². The molecule has 0 radical (unpaired) electrons.